The van der Waals surface area contributed by atoms with Crippen LogP contribution in [-0.4, -0.2) is 24.2 Å². The van der Waals surface area contributed by atoms with Crippen molar-refractivity contribution in [2.75, 3.05) is 12.1 Å². The third kappa shape index (κ3) is 4.28. The zero-order chi connectivity index (χ0) is 18.8. The third-order valence-electron chi connectivity index (χ3n) is 3.50. The number of nitrogens with one attached hydrogen (secondary N) is 1. The van der Waals surface area contributed by atoms with Gasteiger partial charge < -0.3 is 5.32 Å². The molecule has 25 heavy (non-hydrogen) atoms. The maximum absolute atomic E-state index is 12.6. The minimum Gasteiger partial charge on any atom is -0.329 e. The molecule has 0 fully saturated rings. The lowest BCUT2D eigenvalue weighted by Crippen LogP contribution is -2.32. The monoisotopic (exact) mass is 371 g/mol. The zero-order valence-electron chi connectivity index (χ0n) is 13.2. The van der Waals surface area contributed by atoms with Gasteiger partial charge in [0.1, 0.15) is 0 Å². The minimum atomic E-state index is -4.55. The van der Waals surface area contributed by atoms with Gasteiger partial charge in [-0.25, -0.2) is 4.98 Å². The summed E-state index contributed by atoms with van der Waals surface area (Å²) in [5.74, 6) is -0.763. The van der Waals surface area contributed by atoms with Gasteiger partial charge >= 0.3 is 6.18 Å². The van der Waals surface area contributed by atoms with Gasteiger partial charge in [0.25, 0.3) is 0 Å². The number of carbonyl (C=O) groups is 1. The number of hydrazone groups is 1. The Morgan fingerprint density at radius 1 is 1.56 bits per heavy atom. The second-order valence-electron chi connectivity index (χ2n) is 5.32. The SMILES string of the molecule is CC1=C(C#N)C(/C=N/N(C)c2ncc(C(F)(F)F)cc2Cl)CC(=O)N1. The maximum atomic E-state index is 12.6. The van der Waals surface area contributed by atoms with E-state index in [-0.39, 0.29) is 23.2 Å². The van der Waals surface area contributed by atoms with E-state index in [0.717, 1.165) is 6.07 Å². The molecule has 0 saturated heterocycles. The number of hydrogen-bond donors (Lipinski definition) is 1. The highest BCUT2D eigenvalue weighted by Gasteiger charge is 2.32. The third-order valence-corrected chi connectivity index (χ3v) is 3.78. The predicted octanol–water partition coefficient (Wildman–Crippen LogP) is 3.11. The van der Waals surface area contributed by atoms with Crippen LogP contribution >= 0.6 is 11.6 Å². The molecule has 1 unspecified atom stereocenters. The van der Waals surface area contributed by atoms with E-state index in [4.69, 9.17) is 11.6 Å². The Kier molecular flexibility index (Phi) is 5.33. The van der Waals surface area contributed by atoms with Gasteiger partial charge in [-0.15, -0.1) is 0 Å². The molecule has 0 radical (unpaired) electrons. The molecule has 1 atom stereocenters. The lowest BCUT2D eigenvalue weighted by Gasteiger charge is -2.21. The van der Waals surface area contributed by atoms with Crippen molar-refractivity contribution in [1.29, 1.82) is 5.26 Å². The van der Waals surface area contributed by atoms with Crippen LogP contribution in [0, 0.1) is 17.2 Å². The van der Waals surface area contributed by atoms with Gasteiger partial charge in [0.2, 0.25) is 5.91 Å². The topological polar surface area (TPSA) is 81.4 Å². The standard InChI is InChI=1S/C15H13ClF3N5O/c1-8-11(5-20)9(3-13(25)23-8)6-22-24(2)14-12(16)4-10(7-21-14)15(17,18)19/h4,6-7,9H,3H2,1-2H3,(H,23,25)/b22-6+. The molecule has 1 aromatic rings. The van der Waals surface area contributed by atoms with Crippen LogP contribution in [-0.2, 0) is 11.0 Å². The van der Waals surface area contributed by atoms with Crippen LogP contribution in [0.25, 0.3) is 0 Å². The summed E-state index contributed by atoms with van der Waals surface area (Å²) < 4.78 is 37.9. The number of alkyl halides is 3. The van der Waals surface area contributed by atoms with Crippen LogP contribution in [0.4, 0.5) is 19.0 Å². The lowest BCUT2D eigenvalue weighted by atomic mass is 9.93. The molecule has 0 aliphatic carbocycles. The van der Waals surface area contributed by atoms with Crippen LogP contribution in [0.15, 0.2) is 28.6 Å². The fourth-order valence-corrected chi connectivity index (χ4v) is 2.55. The molecule has 1 aliphatic heterocycles. The fraction of sp³-hybridized carbons (Fsp3) is 0.333. The molecule has 10 heteroatoms. The second kappa shape index (κ2) is 7.11. The van der Waals surface area contributed by atoms with Crippen molar-refractivity contribution in [2.24, 2.45) is 11.0 Å². The largest absolute Gasteiger partial charge is 0.417 e. The fourth-order valence-electron chi connectivity index (χ4n) is 2.26. The summed E-state index contributed by atoms with van der Waals surface area (Å²) in [6, 6.07) is 2.77. The number of allylic oxidation sites excluding steroid dienone is 2. The molecule has 0 aromatic carbocycles. The first-order valence-electron chi connectivity index (χ1n) is 7.04. The number of halogens is 4. The predicted molar refractivity (Wildman–Crippen MR) is 85.7 cm³/mol. The van der Waals surface area contributed by atoms with E-state index in [0.29, 0.717) is 17.5 Å². The van der Waals surface area contributed by atoms with E-state index in [1.54, 1.807) is 6.92 Å². The van der Waals surface area contributed by atoms with Crippen molar-refractivity contribution in [2.45, 2.75) is 19.5 Å². The molecule has 1 aromatic heterocycles. The van der Waals surface area contributed by atoms with E-state index in [9.17, 15) is 23.2 Å². The summed E-state index contributed by atoms with van der Waals surface area (Å²) in [4.78, 5) is 15.3. The van der Waals surface area contributed by atoms with Gasteiger partial charge in [-0.05, 0) is 13.0 Å². The summed E-state index contributed by atoms with van der Waals surface area (Å²) >= 11 is 5.85. The number of anilines is 1. The summed E-state index contributed by atoms with van der Waals surface area (Å²) in [6.07, 6.45) is -2.47. The molecular weight excluding hydrogens is 359 g/mol. The molecule has 2 rings (SSSR count). The molecule has 0 spiro atoms. The number of nitriles is 1. The molecule has 6 nitrogen and oxygen atoms in total. The minimum absolute atomic E-state index is 0.0189. The number of rotatable bonds is 3. The van der Waals surface area contributed by atoms with Crippen molar-refractivity contribution in [3.05, 3.63) is 34.1 Å². The number of nitrogens with zero attached hydrogens (tertiary/aromatic N) is 4. The lowest BCUT2D eigenvalue weighted by molar-refractivity contribution is -0.137. The van der Waals surface area contributed by atoms with Crippen molar-refractivity contribution in [3.63, 3.8) is 0 Å². The highest BCUT2D eigenvalue weighted by Crippen LogP contribution is 2.33. The van der Waals surface area contributed by atoms with Crippen molar-refractivity contribution in [1.82, 2.24) is 10.3 Å². The summed E-state index contributed by atoms with van der Waals surface area (Å²) in [5, 5.41) is 16.8. The molecular formula is C15H13ClF3N5O. The first-order chi connectivity index (χ1) is 11.6. The molecule has 0 saturated carbocycles. The van der Waals surface area contributed by atoms with Crippen LogP contribution in [0.1, 0.15) is 18.9 Å². The highest BCUT2D eigenvalue weighted by atomic mass is 35.5. The Labute approximate surface area is 146 Å². The van der Waals surface area contributed by atoms with E-state index < -0.39 is 17.7 Å². The van der Waals surface area contributed by atoms with Gasteiger partial charge in [-0.2, -0.15) is 23.5 Å². The van der Waals surface area contributed by atoms with Gasteiger partial charge in [0.05, 0.1) is 22.2 Å². The molecule has 1 amide bonds. The van der Waals surface area contributed by atoms with Gasteiger partial charge in [-0.1, -0.05) is 11.6 Å². The number of amides is 1. The van der Waals surface area contributed by atoms with Crippen LogP contribution in [0.3, 0.4) is 0 Å². The second-order valence-corrected chi connectivity index (χ2v) is 5.73. The first kappa shape index (κ1) is 18.7. The van der Waals surface area contributed by atoms with Crippen LogP contribution in [0.5, 0.6) is 0 Å². The Morgan fingerprint density at radius 3 is 2.80 bits per heavy atom. The number of carbonyl (C=O) groups excluding carboxylic acids is 1. The van der Waals surface area contributed by atoms with Crippen molar-refractivity contribution >= 4 is 29.5 Å². The quantitative estimate of drug-likeness (QED) is 0.654. The Balaban J connectivity index is 2.23. The number of pyridine rings is 1. The Morgan fingerprint density at radius 2 is 2.24 bits per heavy atom. The Hall–Kier alpha value is -2.60. The molecule has 1 N–H and O–H groups in total. The Bertz CT molecular complexity index is 797. The van der Waals surface area contributed by atoms with Gasteiger partial charge in [0.15, 0.2) is 5.82 Å². The molecule has 132 valence electrons. The average molecular weight is 372 g/mol. The highest BCUT2D eigenvalue weighted by molar-refractivity contribution is 6.33. The number of aromatic nitrogens is 1. The van der Waals surface area contributed by atoms with Gasteiger partial charge in [0, 0.05) is 37.5 Å². The molecule has 0 bridgehead atoms. The summed E-state index contributed by atoms with van der Waals surface area (Å²) in [5.41, 5.74) is -0.153. The molecule has 2 heterocycles. The summed E-state index contributed by atoms with van der Waals surface area (Å²) in [7, 11) is 1.45. The normalized spacial score (nSPS) is 18.3. The van der Waals surface area contributed by atoms with Gasteiger partial charge in [-0.3, -0.25) is 9.80 Å². The van der Waals surface area contributed by atoms with E-state index in [1.807, 2.05) is 6.07 Å². The van der Waals surface area contributed by atoms with Crippen LogP contribution < -0.4 is 10.3 Å². The molecule has 1 aliphatic rings. The van der Waals surface area contributed by atoms with E-state index in [1.165, 1.54) is 18.3 Å². The smallest absolute Gasteiger partial charge is 0.329 e. The van der Waals surface area contributed by atoms with Crippen LogP contribution in [0.2, 0.25) is 5.02 Å². The zero-order valence-corrected chi connectivity index (χ0v) is 14.0. The van der Waals surface area contributed by atoms with E-state index in [2.05, 4.69) is 15.4 Å². The van der Waals surface area contributed by atoms with E-state index >= 15 is 0 Å². The van der Waals surface area contributed by atoms with Crippen molar-refractivity contribution < 1.29 is 18.0 Å². The number of hydrogen-bond acceptors (Lipinski definition) is 5. The maximum Gasteiger partial charge on any atom is 0.417 e. The average Bonchev–Trinajstić information content (AvgIpc) is 2.51. The first-order valence-corrected chi connectivity index (χ1v) is 7.42. The summed E-state index contributed by atoms with van der Waals surface area (Å²) in [6.45, 7) is 1.61. The van der Waals surface area contributed by atoms with Crippen molar-refractivity contribution in [3.8, 4) is 6.07 Å².